The van der Waals surface area contributed by atoms with Gasteiger partial charge in [0.15, 0.2) is 6.10 Å². The van der Waals surface area contributed by atoms with E-state index < -0.39 is 6.10 Å². The maximum Gasteiger partial charge on any atom is 0.261 e. The van der Waals surface area contributed by atoms with Gasteiger partial charge in [0.25, 0.3) is 5.91 Å². The fourth-order valence-corrected chi connectivity index (χ4v) is 2.74. The highest BCUT2D eigenvalue weighted by Crippen LogP contribution is 2.22. The number of carbonyl (C=O) groups excluding carboxylic acids is 1. The molecule has 2 aromatic carbocycles. The zero-order valence-corrected chi connectivity index (χ0v) is 15.3. The first-order valence-electron chi connectivity index (χ1n) is 8.63. The van der Waals surface area contributed by atoms with Crippen molar-refractivity contribution in [2.24, 2.45) is 0 Å². The van der Waals surface area contributed by atoms with Gasteiger partial charge in [-0.25, -0.2) is 4.98 Å². The number of aryl methyl sites for hydroxylation is 1. The number of imidazole rings is 1. The van der Waals surface area contributed by atoms with E-state index in [9.17, 15) is 4.79 Å². The Morgan fingerprint density at radius 1 is 1.19 bits per heavy atom. The molecule has 0 aliphatic carbocycles. The first-order valence-corrected chi connectivity index (χ1v) is 8.63. The number of rotatable bonds is 6. The van der Waals surface area contributed by atoms with Crippen LogP contribution in [0, 0.1) is 13.8 Å². The summed E-state index contributed by atoms with van der Waals surface area (Å²) in [6.45, 7) is 6.21. The van der Waals surface area contributed by atoms with E-state index in [2.05, 4.69) is 10.3 Å². The molecule has 134 valence electrons. The summed E-state index contributed by atoms with van der Waals surface area (Å²) in [5.41, 5.74) is 4.20. The first-order chi connectivity index (χ1) is 12.6. The predicted octanol–water partition coefficient (Wildman–Crippen LogP) is 3.57. The molecule has 5 nitrogen and oxygen atoms in total. The Hall–Kier alpha value is -3.08. The van der Waals surface area contributed by atoms with Gasteiger partial charge in [-0.3, -0.25) is 4.79 Å². The van der Waals surface area contributed by atoms with Crippen molar-refractivity contribution in [3.63, 3.8) is 0 Å². The van der Waals surface area contributed by atoms with Gasteiger partial charge in [0, 0.05) is 18.9 Å². The summed E-state index contributed by atoms with van der Waals surface area (Å²) < 4.78 is 7.78. The minimum Gasteiger partial charge on any atom is -0.481 e. The van der Waals surface area contributed by atoms with Gasteiger partial charge < -0.3 is 14.6 Å². The number of hydrogen-bond donors (Lipinski definition) is 1. The SMILES string of the molecule is Cc1cccc(O[C@@H](C)C(=O)NCc2ccccc2-n2ccnc2)c1C. The lowest BCUT2D eigenvalue weighted by atomic mass is 10.1. The van der Waals surface area contributed by atoms with Crippen molar-refractivity contribution in [1.29, 1.82) is 0 Å². The third-order valence-electron chi connectivity index (χ3n) is 4.46. The minimum atomic E-state index is -0.573. The zero-order valence-electron chi connectivity index (χ0n) is 15.3. The van der Waals surface area contributed by atoms with Gasteiger partial charge in [-0.15, -0.1) is 0 Å². The summed E-state index contributed by atoms with van der Waals surface area (Å²) in [5.74, 6) is 0.595. The Morgan fingerprint density at radius 3 is 2.77 bits per heavy atom. The fraction of sp³-hybridized carbons (Fsp3) is 0.238. The van der Waals surface area contributed by atoms with Crippen molar-refractivity contribution in [3.05, 3.63) is 77.9 Å². The van der Waals surface area contributed by atoms with Crippen LogP contribution in [-0.4, -0.2) is 21.6 Å². The number of nitrogens with zero attached hydrogens (tertiary/aromatic N) is 2. The molecule has 0 unspecified atom stereocenters. The summed E-state index contributed by atoms with van der Waals surface area (Å²) >= 11 is 0. The predicted molar refractivity (Wildman–Crippen MR) is 101 cm³/mol. The van der Waals surface area contributed by atoms with Crippen LogP contribution in [0.5, 0.6) is 5.75 Å². The van der Waals surface area contributed by atoms with E-state index in [-0.39, 0.29) is 5.91 Å². The number of ether oxygens (including phenoxy) is 1. The van der Waals surface area contributed by atoms with E-state index in [0.29, 0.717) is 6.54 Å². The summed E-state index contributed by atoms with van der Waals surface area (Å²) in [4.78, 5) is 16.5. The van der Waals surface area contributed by atoms with Crippen LogP contribution >= 0.6 is 0 Å². The molecule has 1 aromatic heterocycles. The average molecular weight is 349 g/mol. The summed E-state index contributed by atoms with van der Waals surface area (Å²) in [7, 11) is 0. The summed E-state index contributed by atoms with van der Waals surface area (Å²) in [6.07, 6.45) is 4.78. The van der Waals surface area contributed by atoms with E-state index in [1.54, 1.807) is 19.4 Å². The highest BCUT2D eigenvalue weighted by Gasteiger charge is 2.16. The second kappa shape index (κ2) is 7.87. The van der Waals surface area contributed by atoms with E-state index in [1.165, 1.54) is 0 Å². The molecule has 5 heteroatoms. The van der Waals surface area contributed by atoms with Gasteiger partial charge >= 0.3 is 0 Å². The molecule has 0 saturated carbocycles. The van der Waals surface area contributed by atoms with E-state index in [4.69, 9.17) is 4.74 Å². The quantitative estimate of drug-likeness (QED) is 0.740. The van der Waals surface area contributed by atoms with Gasteiger partial charge in [0.2, 0.25) is 0 Å². The number of para-hydroxylation sites is 1. The number of amides is 1. The first kappa shape index (κ1) is 17.7. The molecule has 0 saturated heterocycles. The summed E-state index contributed by atoms with van der Waals surface area (Å²) in [5, 5.41) is 2.96. The van der Waals surface area contributed by atoms with Crippen LogP contribution in [0.15, 0.2) is 61.2 Å². The topological polar surface area (TPSA) is 56.1 Å². The number of aromatic nitrogens is 2. The molecular formula is C21H23N3O2. The van der Waals surface area contributed by atoms with Crippen LogP contribution < -0.4 is 10.1 Å². The van der Waals surface area contributed by atoms with Crippen molar-refractivity contribution >= 4 is 5.91 Å². The maximum absolute atomic E-state index is 12.5. The number of nitrogens with one attached hydrogen (secondary N) is 1. The van der Waals surface area contributed by atoms with E-state index in [1.807, 2.05) is 67.1 Å². The van der Waals surface area contributed by atoms with Crippen LogP contribution in [0.2, 0.25) is 0 Å². The molecule has 0 aliphatic heterocycles. The van der Waals surface area contributed by atoms with Gasteiger partial charge in [0.1, 0.15) is 5.75 Å². The van der Waals surface area contributed by atoms with E-state index >= 15 is 0 Å². The Morgan fingerprint density at radius 2 is 2.00 bits per heavy atom. The molecule has 26 heavy (non-hydrogen) atoms. The largest absolute Gasteiger partial charge is 0.481 e. The molecule has 1 N–H and O–H groups in total. The Kier molecular flexibility index (Phi) is 5.37. The molecule has 1 amide bonds. The third-order valence-corrected chi connectivity index (χ3v) is 4.46. The van der Waals surface area contributed by atoms with Crippen LogP contribution in [0.25, 0.3) is 5.69 Å². The second-order valence-corrected chi connectivity index (χ2v) is 6.27. The van der Waals surface area contributed by atoms with Crippen LogP contribution in [-0.2, 0) is 11.3 Å². The number of benzene rings is 2. The molecule has 3 aromatic rings. The van der Waals surface area contributed by atoms with Crippen molar-refractivity contribution in [3.8, 4) is 11.4 Å². The molecule has 1 atom stereocenters. The second-order valence-electron chi connectivity index (χ2n) is 6.27. The van der Waals surface area contributed by atoms with Crippen molar-refractivity contribution < 1.29 is 9.53 Å². The van der Waals surface area contributed by atoms with E-state index in [0.717, 1.165) is 28.1 Å². The highest BCUT2D eigenvalue weighted by molar-refractivity contribution is 5.80. The maximum atomic E-state index is 12.5. The molecule has 1 heterocycles. The standard InChI is InChI=1S/C21H23N3O2/c1-15-7-6-10-20(16(15)2)26-17(3)21(25)23-13-18-8-4-5-9-19(18)24-12-11-22-14-24/h4-12,14,17H,13H2,1-3H3,(H,23,25)/t17-/m0/s1. The van der Waals surface area contributed by atoms with Crippen LogP contribution in [0.4, 0.5) is 0 Å². The monoisotopic (exact) mass is 349 g/mol. The van der Waals surface area contributed by atoms with Crippen molar-refractivity contribution in [2.75, 3.05) is 0 Å². The van der Waals surface area contributed by atoms with Crippen LogP contribution in [0.3, 0.4) is 0 Å². The third kappa shape index (κ3) is 3.94. The van der Waals surface area contributed by atoms with Gasteiger partial charge in [-0.1, -0.05) is 30.3 Å². The van der Waals surface area contributed by atoms with Gasteiger partial charge in [0.05, 0.1) is 12.0 Å². The molecule has 0 aliphatic rings. The molecule has 0 bridgehead atoms. The Balaban J connectivity index is 1.65. The number of hydrogen-bond acceptors (Lipinski definition) is 3. The van der Waals surface area contributed by atoms with Crippen molar-refractivity contribution in [2.45, 2.75) is 33.4 Å². The molecule has 0 spiro atoms. The highest BCUT2D eigenvalue weighted by atomic mass is 16.5. The molecule has 0 fully saturated rings. The smallest absolute Gasteiger partial charge is 0.261 e. The average Bonchev–Trinajstić information content (AvgIpc) is 3.18. The summed E-state index contributed by atoms with van der Waals surface area (Å²) in [6, 6.07) is 13.8. The van der Waals surface area contributed by atoms with Gasteiger partial charge in [-0.2, -0.15) is 0 Å². The Bertz CT molecular complexity index is 888. The lowest BCUT2D eigenvalue weighted by molar-refractivity contribution is -0.127. The minimum absolute atomic E-state index is 0.147. The molecular weight excluding hydrogens is 326 g/mol. The normalized spacial score (nSPS) is 11.8. The lowest BCUT2D eigenvalue weighted by Gasteiger charge is -2.18. The number of carbonyl (C=O) groups is 1. The zero-order chi connectivity index (χ0) is 18.5. The van der Waals surface area contributed by atoms with Gasteiger partial charge in [-0.05, 0) is 49.6 Å². The molecule has 3 rings (SSSR count). The molecule has 0 radical (unpaired) electrons. The lowest BCUT2D eigenvalue weighted by Crippen LogP contribution is -2.36. The van der Waals surface area contributed by atoms with Crippen LogP contribution in [0.1, 0.15) is 23.6 Å². The van der Waals surface area contributed by atoms with Crippen molar-refractivity contribution in [1.82, 2.24) is 14.9 Å². The fourth-order valence-electron chi connectivity index (χ4n) is 2.74. The Labute approximate surface area is 153 Å².